The number of imidazole rings is 2. The summed E-state index contributed by atoms with van der Waals surface area (Å²) in [6.07, 6.45) is 0. The zero-order chi connectivity index (χ0) is 56.9. The van der Waals surface area contributed by atoms with E-state index in [1.54, 1.807) is 0 Å². The first-order chi connectivity index (χ1) is 40.3. The van der Waals surface area contributed by atoms with Gasteiger partial charge in [0.2, 0.25) is 0 Å². The second kappa shape index (κ2) is 21.4. The molecule has 8 nitrogen and oxygen atoms in total. The SMILES string of the molecule is Cc1cc2c(oc3c2ccc2c4cc(Oc5[c-]c(-c6nc7ccccc7n6-c6c(C(C)C)cc(-c7ccccc7)cc6C(C)C)ccc5)[c-]c(-c5nc6ccccc6n5-c5c(C(C)C)cc(-c6ccccc6)cc5C(C)C)c4oc23)c(C)n1.[Pt+2]. The summed E-state index contributed by atoms with van der Waals surface area (Å²) in [5, 5.41) is 3.67. The first-order valence-electron chi connectivity index (χ1n) is 29.0. The van der Waals surface area contributed by atoms with Crippen LogP contribution in [-0.4, -0.2) is 24.1 Å². The number of ether oxygens (including phenoxy) is 1. The quantitative estimate of drug-likeness (QED) is 0.113. The van der Waals surface area contributed by atoms with Crippen LogP contribution in [0.15, 0.2) is 185 Å². The predicted molar refractivity (Wildman–Crippen MR) is 340 cm³/mol. The van der Waals surface area contributed by atoms with Crippen molar-refractivity contribution in [1.82, 2.24) is 24.1 Å². The molecule has 9 heteroatoms. The van der Waals surface area contributed by atoms with E-state index < -0.39 is 0 Å². The van der Waals surface area contributed by atoms with Crippen LogP contribution in [0.4, 0.5) is 0 Å². The van der Waals surface area contributed by atoms with E-state index >= 15 is 0 Å². The third kappa shape index (κ3) is 9.14. The molecule has 0 atom stereocenters. The fourth-order valence-corrected chi connectivity index (χ4v) is 12.4. The van der Waals surface area contributed by atoms with Gasteiger partial charge in [-0.05, 0) is 143 Å². The zero-order valence-electron chi connectivity index (χ0n) is 48.8. The van der Waals surface area contributed by atoms with Crippen molar-refractivity contribution >= 4 is 65.9 Å². The molecule has 0 saturated heterocycles. The molecule has 84 heavy (non-hydrogen) atoms. The Balaban J connectivity index is 0.00000658. The smallest absolute Gasteiger partial charge is 0.497 e. The number of rotatable bonds is 12. The minimum atomic E-state index is 0. The maximum absolute atomic E-state index is 7.25. The number of hydrogen-bond donors (Lipinski definition) is 0. The van der Waals surface area contributed by atoms with Gasteiger partial charge in [0.15, 0.2) is 16.7 Å². The van der Waals surface area contributed by atoms with E-state index in [0.717, 1.165) is 83.3 Å². The number of hydrogen-bond acceptors (Lipinski definition) is 6. The van der Waals surface area contributed by atoms with Gasteiger partial charge in [0, 0.05) is 44.7 Å². The number of benzene rings is 9. The molecule has 0 radical (unpaired) electrons. The molecule has 0 fully saturated rings. The Labute approximate surface area is 504 Å². The topological polar surface area (TPSA) is 84.0 Å². The van der Waals surface area contributed by atoms with E-state index in [4.69, 9.17) is 28.5 Å². The Kier molecular flexibility index (Phi) is 13.9. The number of pyridine rings is 1. The van der Waals surface area contributed by atoms with Crippen LogP contribution in [0.3, 0.4) is 0 Å². The molecule has 0 unspecified atom stereocenters. The van der Waals surface area contributed by atoms with E-state index in [2.05, 4.69) is 234 Å². The van der Waals surface area contributed by atoms with Crippen molar-refractivity contribution < 1.29 is 34.6 Å². The van der Waals surface area contributed by atoms with Gasteiger partial charge in [0.05, 0.1) is 45.0 Å². The van der Waals surface area contributed by atoms with Crippen molar-refractivity contribution in [3.63, 3.8) is 0 Å². The number of fused-ring (bicyclic) bond motifs is 9. The van der Waals surface area contributed by atoms with Crippen molar-refractivity contribution in [1.29, 1.82) is 0 Å². The van der Waals surface area contributed by atoms with Crippen molar-refractivity contribution in [3.05, 3.63) is 222 Å². The maximum atomic E-state index is 7.25. The second-order valence-electron chi connectivity index (χ2n) is 23.4. The summed E-state index contributed by atoms with van der Waals surface area (Å²) in [7, 11) is 0. The number of aryl methyl sites for hydroxylation is 2. The molecule has 416 valence electrons. The van der Waals surface area contributed by atoms with Gasteiger partial charge in [-0.15, -0.1) is 23.8 Å². The van der Waals surface area contributed by atoms with Gasteiger partial charge in [0.1, 0.15) is 0 Å². The van der Waals surface area contributed by atoms with E-state index in [9.17, 15) is 0 Å². The summed E-state index contributed by atoms with van der Waals surface area (Å²) in [6.45, 7) is 22.2. The predicted octanol–water partition coefficient (Wildman–Crippen LogP) is 20.7. The van der Waals surface area contributed by atoms with Gasteiger partial charge < -0.3 is 22.7 Å². The fraction of sp³-hybridized carbons (Fsp3) is 0.187. The standard InChI is InChI=1S/C75H63N5O3.Pt/c1-42(2)57-36-51(48-22-13-11-14-23-48)37-58(43(3)4)68(57)79-66-30-19-17-28-64(66)77-74(79)50-26-21-27-53(35-50)81-54-40-62-56-33-32-55-61-34-46(9)76-47(10)70(61)82-72(55)73(56)83-71(62)63(41-54)75-78-65-29-18-20-31-67(65)80(75)69-59(44(5)6)38-52(39-60(69)45(7)8)49-24-15-12-16-25-49;/h11-34,36-40,42-45H,1-10H3;/q-2;+2. The van der Waals surface area contributed by atoms with Crippen molar-refractivity contribution in [2.75, 3.05) is 0 Å². The third-order valence-electron chi connectivity index (χ3n) is 16.4. The molecule has 0 spiro atoms. The van der Waals surface area contributed by atoms with E-state index in [1.807, 2.05) is 32.0 Å². The number of aromatic nitrogens is 5. The maximum Gasteiger partial charge on any atom is 2.00 e. The minimum absolute atomic E-state index is 0. The second-order valence-corrected chi connectivity index (χ2v) is 23.4. The molecule has 14 aromatic rings. The fourth-order valence-electron chi connectivity index (χ4n) is 12.4. The summed E-state index contributed by atoms with van der Waals surface area (Å²) in [4.78, 5) is 15.8. The molecule has 5 aromatic heterocycles. The summed E-state index contributed by atoms with van der Waals surface area (Å²) in [5.74, 6) is 3.18. The average Bonchev–Trinajstić information content (AvgIpc) is 2.46. The number of furan rings is 2. The van der Waals surface area contributed by atoms with Crippen LogP contribution in [0.2, 0.25) is 0 Å². The molecule has 0 aliphatic rings. The Bertz CT molecular complexity index is 4810. The van der Waals surface area contributed by atoms with Crippen molar-refractivity contribution in [2.45, 2.75) is 92.9 Å². The molecule has 5 heterocycles. The van der Waals surface area contributed by atoms with Crippen LogP contribution in [0.25, 0.3) is 122 Å². The van der Waals surface area contributed by atoms with Gasteiger partial charge in [-0.2, -0.15) is 0 Å². The molecule has 0 saturated carbocycles. The molecule has 0 N–H and O–H groups in total. The molecular formula is C75H63N5O3Pt. The number of para-hydroxylation sites is 4. The zero-order valence-corrected chi connectivity index (χ0v) is 51.1. The van der Waals surface area contributed by atoms with E-state index in [-0.39, 0.29) is 44.7 Å². The average molecular weight is 1280 g/mol. The first kappa shape index (κ1) is 54.4. The normalized spacial score (nSPS) is 12.0. The van der Waals surface area contributed by atoms with Gasteiger partial charge in [-0.1, -0.05) is 176 Å². The van der Waals surface area contributed by atoms with Crippen molar-refractivity contribution in [3.8, 4) is 67.9 Å². The monoisotopic (exact) mass is 1280 g/mol. The van der Waals surface area contributed by atoms with Crippen LogP contribution in [0, 0.1) is 26.0 Å². The van der Waals surface area contributed by atoms with Crippen LogP contribution in [-0.2, 0) is 21.1 Å². The molecule has 0 amide bonds. The molecule has 14 rings (SSSR count). The molecular weight excluding hydrogens is 1210 g/mol. The molecule has 0 bridgehead atoms. The molecule has 0 aliphatic carbocycles. The Morgan fingerprint density at radius 1 is 0.405 bits per heavy atom. The van der Waals surface area contributed by atoms with Crippen LogP contribution >= 0.6 is 0 Å². The Morgan fingerprint density at radius 3 is 1.39 bits per heavy atom. The first-order valence-corrected chi connectivity index (χ1v) is 29.0. The van der Waals surface area contributed by atoms with Gasteiger partial charge in [-0.3, -0.25) is 15.0 Å². The van der Waals surface area contributed by atoms with E-state index in [0.29, 0.717) is 39.6 Å². The summed E-state index contributed by atoms with van der Waals surface area (Å²) in [5.41, 5.74) is 21.5. The summed E-state index contributed by atoms with van der Waals surface area (Å²) >= 11 is 0. The van der Waals surface area contributed by atoms with Crippen molar-refractivity contribution in [2.24, 2.45) is 0 Å². The van der Waals surface area contributed by atoms with Gasteiger partial charge in [-0.25, -0.2) is 0 Å². The van der Waals surface area contributed by atoms with Crippen LogP contribution < -0.4 is 4.74 Å². The van der Waals surface area contributed by atoms with E-state index in [1.165, 1.54) is 44.5 Å². The molecule has 0 aliphatic heterocycles. The summed E-state index contributed by atoms with van der Waals surface area (Å²) in [6, 6.07) is 69.6. The Morgan fingerprint density at radius 2 is 0.869 bits per heavy atom. The van der Waals surface area contributed by atoms with Gasteiger partial charge >= 0.3 is 21.1 Å². The summed E-state index contributed by atoms with van der Waals surface area (Å²) < 4.78 is 25.9. The van der Waals surface area contributed by atoms with Crippen LogP contribution in [0.5, 0.6) is 11.5 Å². The largest absolute Gasteiger partial charge is 2.00 e. The van der Waals surface area contributed by atoms with Crippen LogP contribution in [0.1, 0.15) is 113 Å². The third-order valence-corrected chi connectivity index (χ3v) is 16.4. The number of nitrogens with zero attached hydrogens (tertiary/aromatic N) is 5. The Hall–Kier alpha value is -8.84. The van der Waals surface area contributed by atoms with Gasteiger partial charge in [0.25, 0.3) is 0 Å². The minimum Gasteiger partial charge on any atom is -0.497 e. The molecule has 9 aromatic carbocycles.